The van der Waals surface area contributed by atoms with Crippen molar-refractivity contribution in [1.29, 1.82) is 0 Å². The maximum Gasteiger partial charge on any atom is 0.301 e. The molecule has 0 spiro atoms. The van der Waals surface area contributed by atoms with Crippen LogP contribution < -0.4 is 19.7 Å². The zero-order valence-electron chi connectivity index (χ0n) is 34.2. The van der Waals surface area contributed by atoms with E-state index in [4.69, 9.17) is 4.74 Å². The number of hydrogen-bond acceptors (Lipinski definition) is 11. The molecule has 3 aromatic carbocycles. The Morgan fingerprint density at radius 2 is 1.75 bits per heavy atom. The van der Waals surface area contributed by atoms with Crippen LogP contribution in [-0.4, -0.2) is 132 Å². The van der Waals surface area contributed by atoms with Gasteiger partial charge in [0.2, 0.25) is 17.6 Å². The number of carbonyl (C=O) groups is 4. The fraction of sp³-hybridized carbons (Fsp3) is 0.341. The molecular weight excluding hydrogens is 858 g/mol. The molecule has 20 heteroatoms. The van der Waals surface area contributed by atoms with Crippen molar-refractivity contribution >= 4 is 56.1 Å². The number of aliphatic hydroxyl groups excluding tert-OH is 1. The van der Waals surface area contributed by atoms with Gasteiger partial charge in [-0.1, -0.05) is 12.1 Å². The third kappa shape index (κ3) is 8.52. The number of benzene rings is 3. The number of piperidine rings is 1. The number of aliphatic hydroxyl groups is 1. The number of H-pyrrole nitrogens is 1. The van der Waals surface area contributed by atoms with Crippen molar-refractivity contribution in [3.05, 3.63) is 107 Å². The van der Waals surface area contributed by atoms with Crippen LogP contribution in [0.1, 0.15) is 51.1 Å². The molecule has 3 saturated heterocycles. The minimum atomic E-state index is -4.37. The maximum absolute atomic E-state index is 15.7. The van der Waals surface area contributed by atoms with E-state index in [-0.39, 0.29) is 56.3 Å². The molecule has 16 nitrogen and oxygen atoms in total. The van der Waals surface area contributed by atoms with Crippen LogP contribution in [0.25, 0.3) is 22.2 Å². The number of pyridine rings is 1. The number of fused-ring (bicyclic) bond motifs is 2. The number of ketones is 1. The summed E-state index contributed by atoms with van der Waals surface area (Å²) in [5.41, 5.74) is 2.19. The number of carbonyl (C=O) groups excluding carboxylic acids is 4. The van der Waals surface area contributed by atoms with Gasteiger partial charge >= 0.3 is 10.2 Å². The zero-order chi connectivity index (χ0) is 44.9. The molecule has 0 bridgehead atoms. The number of anilines is 2. The fourth-order valence-electron chi connectivity index (χ4n) is 8.67. The number of ether oxygens (including phenoxy) is 1. The number of piperazine rings is 1. The second kappa shape index (κ2) is 17.3. The van der Waals surface area contributed by atoms with Crippen LogP contribution in [0.2, 0.25) is 0 Å². The summed E-state index contributed by atoms with van der Waals surface area (Å²) < 4.78 is 78.8. The summed E-state index contributed by atoms with van der Waals surface area (Å²) in [5, 5.41) is 13.4. The van der Waals surface area contributed by atoms with E-state index in [0.717, 1.165) is 27.7 Å². The van der Waals surface area contributed by atoms with Crippen molar-refractivity contribution < 1.29 is 50.6 Å². The predicted octanol–water partition coefficient (Wildman–Crippen LogP) is 3.76. The van der Waals surface area contributed by atoms with Crippen molar-refractivity contribution in [2.75, 3.05) is 62.0 Å². The molecule has 3 fully saturated rings. The molecule has 3 amide bonds. The van der Waals surface area contributed by atoms with Crippen molar-refractivity contribution in [2.24, 2.45) is 0 Å². The molecule has 0 aliphatic carbocycles. The summed E-state index contributed by atoms with van der Waals surface area (Å²) in [7, 11) is -4.37. The van der Waals surface area contributed by atoms with Crippen LogP contribution in [0.5, 0.6) is 5.75 Å². The third-order valence-electron chi connectivity index (χ3n) is 12.1. The van der Waals surface area contributed by atoms with E-state index in [2.05, 4.69) is 25.1 Å². The summed E-state index contributed by atoms with van der Waals surface area (Å²) in [4.78, 5) is 63.8. The lowest BCUT2D eigenvalue weighted by molar-refractivity contribution is -0.136. The van der Waals surface area contributed by atoms with Crippen LogP contribution in [0.15, 0.2) is 73.1 Å². The molecule has 9 rings (SSSR count). The van der Waals surface area contributed by atoms with Gasteiger partial charge in [-0.05, 0) is 72.5 Å². The van der Waals surface area contributed by atoms with Gasteiger partial charge < -0.3 is 24.6 Å². The van der Waals surface area contributed by atoms with Crippen molar-refractivity contribution in [3.63, 3.8) is 0 Å². The quantitative estimate of drug-likeness (QED) is 0.0993. The van der Waals surface area contributed by atoms with E-state index >= 15 is 8.78 Å². The van der Waals surface area contributed by atoms with Crippen LogP contribution >= 0.6 is 0 Å². The van der Waals surface area contributed by atoms with Crippen LogP contribution in [0, 0.1) is 11.6 Å². The monoisotopic (exact) mass is 900 g/mol. The summed E-state index contributed by atoms with van der Waals surface area (Å²) in [6.07, 6.45) is 1.20. The molecule has 5 aromatic rings. The van der Waals surface area contributed by atoms with E-state index in [1.165, 1.54) is 11.1 Å². The van der Waals surface area contributed by atoms with E-state index in [0.29, 0.717) is 66.2 Å². The number of nitrogens with zero attached hydrogens (tertiary/aromatic N) is 5. The Kier molecular flexibility index (Phi) is 11.6. The highest BCUT2D eigenvalue weighted by Gasteiger charge is 2.39. The summed E-state index contributed by atoms with van der Waals surface area (Å²) >= 11 is 0. The fourth-order valence-corrected chi connectivity index (χ4v) is 9.94. The van der Waals surface area contributed by atoms with Gasteiger partial charge in [0.05, 0.1) is 11.3 Å². The molecule has 64 heavy (non-hydrogen) atoms. The first-order valence-corrected chi connectivity index (χ1v) is 22.2. The van der Waals surface area contributed by atoms with Gasteiger partial charge in [-0.3, -0.25) is 34.1 Å². The van der Waals surface area contributed by atoms with E-state index < -0.39 is 69.6 Å². The SMILES string of the molecule is O=C1CCC(N2Cc3cc(OC[C@@H](O)CN4CCN(c5ccc(-c6cnc7[nH]cc(C(=O)c8c(F)ccc(NS(=O)(=O)N9CC[C@@H](F)C9)c8F)c7c6)cc5)CC4)ccc3C2=O)C(=O)N1. The first-order valence-electron chi connectivity index (χ1n) is 20.8. The molecular formula is C44H43F3N8O8S. The number of amides is 3. The Bertz CT molecular complexity index is 2780. The first-order chi connectivity index (χ1) is 30.7. The average molecular weight is 901 g/mol. The van der Waals surface area contributed by atoms with Gasteiger partial charge in [-0.15, -0.1) is 0 Å². The minimum Gasteiger partial charge on any atom is -0.491 e. The molecule has 334 valence electrons. The number of imide groups is 1. The van der Waals surface area contributed by atoms with Gasteiger partial charge in [0.25, 0.3) is 5.91 Å². The second-order valence-corrected chi connectivity index (χ2v) is 18.0. The highest BCUT2D eigenvalue weighted by atomic mass is 32.2. The normalized spacial score (nSPS) is 20.2. The third-order valence-corrected chi connectivity index (χ3v) is 13.6. The highest BCUT2D eigenvalue weighted by molar-refractivity contribution is 7.90. The Morgan fingerprint density at radius 1 is 0.969 bits per heavy atom. The second-order valence-electron chi connectivity index (χ2n) is 16.3. The number of aromatic nitrogens is 2. The predicted molar refractivity (Wildman–Crippen MR) is 228 cm³/mol. The standard InChI is InChI=1S/C44H43F3N8O8S/c45-28-11-12-54(22-28)64(61,62)51-36-8-7-35(46)39(40(36)47)41(58)34-20-49-42-33(34)18-26(19-48-42)25-1-3-29(4-2-25)53-15-13-52(14-16-53)23-30(56)24-63-31-5-6-32-27(17-31)21-55(44(32)60)37-9-10-38(57)50-43(37)59/h1-8,17-20,28,30,37,51,56H,9-16,21-24H2,(H,48,49)(H,50,57,59)/t28-,30+,37?/m1/s1. The van der Waals surface area contributed by atoms with Gasteiger partial charge in [-0.25, -0.2) is 18.2 Å². The smallest absolute Gasteiger partial charge is 0.301 e. The number of β-amino-alcohol motifs (C(OH)–C–C–N with tert-alkyl or cyclic N) is 1. The van der Waals surface area contributed by atoms with E-state index in [1.807, 2.05) is 29.0 Å². The van der Waals surface area contributed by atoms with Crippen LogP contribution in [0.3, 0.4) is 0 Å². The molecule has 2 aromatic heterocycles. The van der Waals surface area contributed by atoms with Crippen molar-refractivity contribution in [3.8, 4) is 16.9 Å². The lowest BCUT2D eigenvalue weighted by Crippen LogP contribution is -2.52. The molecule has 6 heterocycles. The molecule has 0 saturated carbocycles. The molecule has 0 radical (unpaired) electrons. The van der Waals surface area contributed by atoms with Gasteiger partial charge in [0, 0.05) is 98.9 Å². The number of aromatic amines is 1. The summed E-state index contributed by atoms with van der Waals surface area (Å²) in [6.45, 7) is 2.93. The molecule has 1 unspecified atom stereocenters. The Hall–Kier alpha value is -6.35. The van der Waals surface area contributed by atoms with Gasteiger partial charge in [-0.2, -0.15) is 12.7 Å². The number of rotatable bonds is 13. The van der Waals surface area contributed by atoms with Gasteiger partial charge in [0.15, 0.2) is 5.82 Å². The number of nitrogens with one attached hydrogen (secondary N) is 3. The Morgan fingerprint density at radius 3 is 2.48 bits per heavy atom. The topological polar surface area (TPSA) is 198 Å². The maximum atomic E-state index is 15.7. The lowest BCUT2D eigenvalue weighted by atomic mass is 9.99. The molecule has 4 aliphatic heterocycles. The van der Waals surface area contributed by atoms with E-state index in [9.17, 15) is 37.1 Å². The molecule has 4 N–H and O–H groups in total. The van der Waals surface area contributed by atoms with Crippen molar-refractivity contribution in [2.45, 2.75) is 44.1 Å². The number of alkyl halides is 1. The summed E-state index contributed by atoms with van der Waals surface area (Å²) in [5.74, 6) is -4.21. The van der Waals surface area contributed by atoms with Crippen LogP contribution in [0.4, 0.5) is 24.5 Å². The first kappa shape index (κ1) is 42.9. The largest absolute Gasteiger partial charge is 0.491 e. The Labute approximate surface area is 365 Å². The minimum absolute atomic E-state index is 0.00802. The highest BCUT2D eigenvalue weighted by Crippen LogP contribution is 2.33. The molecule has 3 atom stereocenters. The zero-order valence-corrected chi connectivity index (χ0v) is 35.0. The number of hydrogen-bond donors (Lipinski definition) is 4. The van der Waals surface area contributed by atoms with E-state index in [1.54, 1.807) is 30.5 Å². The van der Waals surface area contributed by atoms with Gasteiger partial charge in [0.1, 0.15) is 42.1 Å². The Balaban J connectivity index is 0.789. The lowest BCUT2D eigenvalue weighted by Gasteiger charge is -2.37. The summed E-state index contributed by atoms with van der Waals surface area (Å²) in [6, 6.07) is 15.4. The average Bonchev–Trinajstić information content (AvgIpc) is 4.01. The van der Waals surface area contributed by atoms with Crippen molar-refractivity contribution in [1.82, 2.24) is 29.4 Å². The molecule has 4 aliphatic rings. The number of halogens is 3. The van der Waals surface area contributed by atoms with Crippen LogP contribution in [-0.2, 0) is 26.3 Å².